The van der Waals surface area contributed by atoms with Crippen molar-refractivity contribution in [2.45, 2.75) is 32.6 Å². The van der Waals surface area contributed by atoms with E-state index in [-0.39, 0.29) is 11.8 Å². The van der Waals surface area contributed by atoms with Crippen LogP contribution in [0.1, 0.15) is 53.2 Å². The molecular weight excluding hydrogens is 258 g/mol. The lowest BCUT2D eigenvalue weighted by Gasteiger charge is -2.21. The monoisotopic (exact) mass is 279 g/mol. The first-order chi connectivity index (χ1) is 10.2. The zero-order chi connectivity index (χ0) is 15.0. The fourth-order valence-electron chi connectivity index (χ4n) is 3.29. The average molecular weight is 279 g/mol. The van der Waals surface area contributed by atoms with Gasteiger partial charge in [-0.2, -0.15) is 0 Å². The Morgan fingerprint density at radius 3 is 2.52 bits per heavy atom. The van der Waals surface area contributed by atoms with E-state index in [0.717, 1.165) is 29.7 Å². The van der Waals surface area contributed by atoms with E-state index in [4.69, 9.17) is 0 Å². The zero-order valence-corrected chi connectivity index (χ0v) is 12.9. The highest BCUT2D eigenvalue weighted by Gasteiger charge is 2.29. The van der Waals surface area contributed by atoms with E-state index in [9.17, 15) is 4.79 Å². The second-order valence-corrected chi connectivity index (χ2v) is 5.66. The van der Waals surface area contributed by atoms with Crippen LogP contribution >= 0.6 is 0 Å². The van der Waals surface area contributed by atoms with Gasteiger partial charge in [-0.1, -0.05) is 44.2 Å². The molecule has 1 amide bonds. The number of fused-ring (bicyclic) bond motifs is 2. The molecule has 2 heteroatoms. The zero-order valence-electron chi connectivity index (χ0n) is 12.9. The average Bonchev–Trinajstić information content (AvgIpc) is 2.62. The summed E-state index contributed by atoms with van der Waals surface area (Å²) in [6.45, 7) is 4.33. The maximum Gasteiger partial charge on any atom is 0.258 e. The third-order valence-corrected chi connectivity index (χ3v) is 4.52. The van der Waals surface area contributed by atoms with Crippen LogP contribution in [-0.4, -0.2) is 13.0 Å². The van der Waals surface area contributed by atoms with Crippen molar-refractivity contribution in [2.75, 3.05) is 11.9 Å². The molecule has 21 heavy (non-hydrogen) atoms. The number of hydrogen-bond donors (Lipinski definition) is 0. The van der Waals surface area contributed by atoms with Crippen molar-refractivity contribution < 1.29 is 4.79 Å². The summed E-state index contributed by atoms with van der Waals surface area (Å²) in [5.74, 6) is 0.382. The van der Waals surface area contributed by atoms with Crippen LogP contribution < -0.4 is 4.90 Å². The molecule has 3 rings (SSSR count). The van der Waals surface area contributed by atoms with Gasteiger partial charge in [0, 0.05) is 24.2 Å². The smallest absolute Gasteiger partial charge is 0.258 e. The molecule has 1 unspecified atom stereocenters. The lowest BCUT2D eigenvalue weighted by molar-refractivity contribution is 0.0993. The van der Waals surface area contributed by atoms with Gasteiger partial charge >= 0.3 is 0 Å². The molecule has 0 fully saturated rings. The van der Waals surface area contributed by atoms with Gasteiger partial charge in [-0.3, -0.25) is 4.79 Å². The molecule has 0 bridgehead atoms. The number of carbonyl (C=O) groups is 1. The quantitative estimate of drug-likeness (QED) is 0.799. The second kappa shape index (κ2) is 5.36. The maximum atomic E-state index is 12.8. The number of hydrogen-bond acceptors (Lipinski definition) is 1. The van der Waals surface area contributed by atoms with Gasteiger partial charge in [0.15, 0.2) is 0 Å². The van der Waals surface area contributed by atoms with Crippen LogP contribution in [0.4, 0.5) is 5.69 Å². The highest BCUT2D eigenvalue weighted by atomic mass is 16.2. The molecule has 1 atom stereocenters. The first-order valence-electron chi connectivity index (χ1n) is 7.67. The van der Waals surface area contributed by atoms with Gasteiger partial charge in [0.1, 0.15) is 0 Å². The van der Waals surface area contributed by atoms with Gasteiger partial charge in [-0.15, -0.1) is 0 Å². The lowest BCUT2D eigenvalue weighted by Crippen LogP contribution is -2.26. The van der Waals surface area contributed by atoms with Crippen molar-refractivity contribution in [1.82, 2.24) is 0 Å². The van der Waals surface area contributed by atoms with Crippen molar-refractivity contribution in [3.8, 4) is 0 Å². The molecule has 2 nitrogen and oxygen atoms in total. The molecule has 0 spiro atoms. The predicted octanol–water partition coefficient (Wildman–Crippen LogP) is 4.38. The molecule has 0 saturated heterocycles. The van der Waals surface area contributed by atoms with E-state index in [2.05, 4.69) is 38.1 Å². The molecule has 0 N–H and O–H groups in total. The predicted molar refractivity (Wildman–Crippen MR) is 87.1 cm³/mol. The van der Waals surface area contributed by atoms with Crippen molar-refractivity contribution in [3.63, 3.8) is 0 Å². The van der Waals surface area contributed by atoms with Crippen molar-refractivity contribution >= 4 is 11.6 Å². The minimum atomic E-state index is 0.0936. The number of aryl methyl sites for hydroxylation is 1. The third-order valence-electron chi connectivity index (χ3n) is 4.52. The van der Waals surface area contributed by atoms with Gasteiger partial charge < -0.3 is 4.90 Å². The van der Waals surface area contributed by atoms with E-state index in [1.165, 1.54) is 11.1 Å². The fraction of sp³-hybridized carbons (Fsp3) is 0.316. The van der Waals surface area contributed by atoms with E-state index < -0.39 is 0 Å². The summed E-state index contributed by atoms with van der Waals surface area (Å²) in [5.41, 5.74) is 5.58. The molecule has 2 aromatic carbocycles. The Kier molecular flexibility index (Phi) is 3.54. The third kappa shape index (κ3) is 2.15. The van der Waals surface area contributed by atoms with E-state index in [1.807, 2.05) is 30.1 Å². The van der Waals surface area contributed by atoms with Gasteiger partial charge in [0.25, 0.3) is 5.91 Å². The van der Waals surface area contributed by atoms with Crippen LogP contribution in [0, 0.1) is 0 Å². The molecule has 0 aliphatic carbocycles. The van der Waals surface area contributed by atoms with Crippen molar-refractivity contribution in [3.05, 3.63) is 64.7 Å². The Balaban J connectivity index is 2.28. The molecule has 108 valence electrons. The highest BCUT2D eigenvalue weighted by molar-refractivity contribution is 6.08. The normalized spacial score (nSPS) is 17.2. The van der Waals surface area contributed by atoms with Gasteiger partial charge in [-0.25, -0.2) is 0 Å². The summed E-state index contributed by atoms with van der Waals surface area (Å²) in [4.78, 5) is 14.6. The Morgan fingerprint density at radius 1 is 1.05 bits per heavy atom. The van der Waals surface area contributed by atoms with E-state index in [1.54, 1.807) is 0 Å². The Hall–Kier alpha value is -2.09. The number of amides is 1. The van der Waals surface area contributed by atoms with Crippen molar-refractivity contribution in [2.24, 2.45) is 0 Å². The summed E-state index contributed by atoms with van der Waals surface area (Å²) in [7, 11) is 1.88. The minimum Gasteiger partial charge on any atom is -0.311 e. The van der Waals surface area contributed by atoms with Crippen LogP contribution in [0.5, 0.6) is 0 Å². The molecule has 0 aromatic heterocycles. The summed E-state index contributed by atoms with van der Waals surface area (Å²) in [6.07, 6.45) is 1.98. The molecule has 1 aliphatic heterocycles. The van der Waals surface area contributed by atoms with Crippen LogP contribution in [0.2, 0.25) is 0 Å². The summed E-state index contributed by atoms with van der Waals surface area (Å²) >= 11 is 0. The second-order valence-electron chi connectivity index (χ2n) is 5.66. The Bertz CT molecular complexity index is 690. The van der Waals surface area contributed by atoms with Crippen LogP contribution in [0.25, 0.3) is 0 Å². The SMILES string of the molecule is CCc1ccc2c(c1)N(C)C(=O)c1ccccc1C2CC. The first kappa shape index (κ1) is 13.9. The van der Waals surface area contributed by atoms with Crippen LogP contribution in [0.15, 0.2) is 42.5 Å². The molecule has 0 saturated carbocycles. The fourth-order valence-corrected chi connectivity index (χ4v) is 3.29. The number of benzene rings is 2. The van der Waals surface area contributed by atoms with E-state index >= 15 is 0 Å². The number of nitrogens with zero attached hydrogens (tertiary/aromatic N) is 1. The lowest BCUT2D eigenvalue weighted by atomic mass is 9.86. The molecule has 1 aliphatic rings. The summed E-state index contributed by atoms with van der Waals surface area (Å²) in [5, 5.41) is 0. The standard InChI is InChI=1S/C19H21NO/c1-4-13-10-11-16-14(5-2)15-8-6-7-9-17(15)19(21)20(3)18(16)12-13/h6-12,14H,4-5H2,1-3H3. The van der Waals surface area contributed by atoms with Gasteiger partial charge in [0.2, 0.25) is 0 Å². The Labute approximate surface area is 126 Å². The Morgan fingerprint density at radius 2 is 1.81 bits per heavy atom. The van der Waals surface area contributed by atoms with Crippen LogP contribution in [-0.2, 0) is 6.42 Å². The minimum absolute atomic E-state index is 0.0936. The largest absolute Gasteiger partial charge is 0.311 e. The molecular formula is C19H21NO. The molecule has 1 heterocycles. The number of rotatable bonds is 2. The highest BCUT2D eigenvalue weighted by Crippen LogP contribution is 2.40. The topological polar surface area (TPSA) is 20.3 Å². The number of carbonyl (C=O) groups excluding carboxylic acids is 1. The first-order valence-corrected chi connectivity index (χ1v) is 7.67. The summed E-state index contributed by atoms with van der Waals surface area (Å²) < 4.78 is 0. The summed E-state index contributed by atoms with van der Waals surface area (Å²) in [6, 6.07) is 14.6. The van der Waals surface area contributed by atoms with Crippen LogP contribution in [0.3, 0.4) is 0 Å². The van der Waals surface area contributed by atoms with Gasteiger partial charge in [-0.05, 0) is 41.7 Å². The van der Waals surface area contributed by atoms with Gasteiger partial charge in [0.05, 0.1) is 0 Å². The maximum absolute atomic E-state index is 12.8. The molecule has 0 radical (unpaired) electrons. The molecule has 2 aromatic rings. The van der Waals surface area contributed by atoms with E-state index in [0.29, 0.717) is 0 Å². The van der Waals surface area contributed by atoms with Crippen molar-refractivity contribution in [1.29, 1.82) is 0 Å². The number of anilines is 1.